The maximum absolute atomic E-state index is 10.7. The van der Waals surface area contributed by atoms with Crippen molar-refractivity contribution in [3.63, 3.8) is 0 Å². The second kappa shape index (κ2) is 4.26. The van der Waals surface area contributed by atoms with Crippen LogP contribution >= 0.6 is 0 Å². The molecule has 3 heteroatoms. The lowest BCUT2D eigenvalue weighted by Crippen LogP contribution is -1.97. The molecule has 1 rings (SSSR count). The summed E-state index contributed by atoms with van der Waals surface area (Å²) in [5.74, 6) is 0.960. The largest absolute Gasteiger partial charge is 0.508 e. The van der Waals surface area contributed by atoms with Gasteiger partial charge in [0, 0.05) is 22.8 Å². The highest BCUT2D eigenvalue weighted by molar-refractivity contribution is 7.84. The molecule has 1 aromatic carbocycles. The molecule has 0 aliphatic heterocycles. The van der Waals surface area contributed by atoms with E-state index in [4.69, 9.17) is 5.11 Å². The molecule has 1 N–H and O–H groups in total. The van der Waals surface area contributed by atoms with Crippen LogP contribution in [0.5, 0.6) is 5.75 Å². The number of hydrogen-bond acceptors (Lipinski definition) is 2. The zero-order valence-corrected chi connectivity index (χ0v) is 7.80. The van der Waals surface area contributed by atoms with Crippen molar-refractivity contribution in [3.05, 3.63) is 29.8 Å². The van der Waals surface area contributed by atoms with Crippen molar-refractivity contribution in [2.75, 3.05) is 12.0 Å². The summed E-state index contributed by atoms with van der Waals surface area (Å²) in [5.41, 5.74) is 1.11. The van der Waals surface area contributed by atoms with Crippen LogP contribution in [0.25, 0.3) is 0 Å². The fourth-order valence-corrected chi connectivity index (χ4v) is 1.45. The Morgan fingerprint density at radius 2 is 1.92 bits per heavy atom. The van der Waals surface area contributed by atoms with Gasteiger partial charge in [-0.2, -0.15) is 0 Å². The molecular weight excluding hydrogens is 172 g/mol. The van der Waals surface area contributed by atoms with Gasteiger partial charge in [-0.25, -0.2) is 0 Å². The minimum absolute atomic E-state index is 0.274. The number of benzene rings is 1. The zero-order valence-electron chi connectivity index (χ0n) is 6.99. The van der Waals surface area contributed by atoms with Crippen molar-refractivity contribution < 1.29 is 9.32 Å². The Kier molecular flexibility index (Phi) is 3.29. The summed E-state index contributed by atoms with van der Waals surface area (Å²) in [7, 11) is -0.734. The van der Waals surface area contributed by atoms with Gasteiger partial charge < -0.3 is 5.11 Å². The molecule has 0 heterocycles. The van der Waals surface area contributed by atoms with Crippen LogP contribution in [0.3, 0.4) is 0 Å². The van der Waals surface area contributed by atoms with Crippen LogP contribution in [0.2, 0.25) is 0 Å². The van der Waals surface area contributed by atoms with Gasteiger partial charge in [-0.15, -0.1) is 0 Å². The van der Waals surface area contributed by atoms with Gasteiger partial charge in [0.25, 0.3) is 0 Å². The molecule has 0 bridgehead atoms. The first-order valence-electron chi connectivity index (χ1n) is 3.76. The predicted octanol–water partition coefficient (Wildman–Crippen LogP) is 1.31. The van der Waals surface area contributed by atoms with Gasteiger partial charge in [0.05, 0.1) is 0 Å². The smallest absolute Gasteiger partial charge is 0.115 e. The molecule has 1 atom stereocenters. The SMILES string of the molecule is CS(=O)CCc1ccc(O)cc1. The first-order chi connectivity index (χ1) is 5.68. The van der Waals surface area contributed by atoms with Crippen LogP contribution in [0.4, 0.5) is 0 Å². The molecule has 12 heavy (non-hydrogen) atoms. The normalized spacial score (nSPS) is 12.8. The summed E-state index contributed by atoms with van der Waals surface area (Å²) in [6, 6.07) is 6.99. The highest BCUT2D eigenvalue weighted by Gasteiger charge is 1.95. The molecule has 0 radical (unpaired) electrons. The number of aryl methyl sites for hydroxylation is 1. The summed E-state index contributed by atoms with van der Waals surface area (Å²) in [5, 5.41) is 8.97. The van der Waals surface area contributed by atoms with E-state index in [9.17, 15) is 4.21 Å². The average molecular weight is 184 g/mol. The number of phenolic OH excluding ortho intramolecular Hbond substituents is 1. The van der Waals surface area contributed by atoms with Crippen LogP contribution in [0.15, 0.2) is 24.3 Å². The molecule has 0 fully saturated rings. The lowest BCUT2D eigenvalue weighted by Gasteiger charge is -1.98. The van der Waals surface area contributed by atoms with E-state index >= 15 is 0 Å². The first-order valence-corrected chi connectivity index (χ1v) is 5.49. The van der Waals surface area contributed by atoms with Gasteiger partial charge in [0.15, 0.2) is 0 Å². The molecule has 0 saturated carbocycles. The van der Waals surface area contributed by atoms with E-state index in [1.807, 2.05) is 12.1 Å². The van der Waals surface area contributed by atoms with Crippen LogP contribution in [-0.2, 0) is 17.2 Å². The van der Waals surface area contributed by atoms with Crippen LogP contribution in [-0.4, -0.2) is 21.3 Å². The van der Waals surface area contributed by atoms with Crippen molar-refractivity contribution in [2.45, 2.75) is 6.42 Å². The maximum Gasteiger partial charge on any atom is 0.115 e. The second-order valence-corrected chi connectivity index (χ2v) is 4.25. The quantitative estimate of drug-likeness (QED) is 0.769. The number of phenols is 1. The molecule has 0 aromatic heterocycles. The molecule has 0 amide bonds. The Morgan fingerprint density at radius 1 is 1.33 bits per heavy atom. The van der Waals surface area contributed by atoms with E-state index in [1.165, 1.54) is 0 Å². The van der Waals surface area contributed by atoms with E-state index in [2.05, 4.69) is 0 Å². The van der Waals surface area contributed by atoms with Crippen molar-refractivity contribution in [1.82, 2.24) is 0 Å². The van der Waals surface area contributed by atoms with Crippen molar-refractivity contribution in [3.8, 4) is 5.75 Å². The van der Waals surface area contributed by atoms with Gasteiger partial charge in [0.2, 0.25) is 0 Å². The van der Waals surface area contributed by atoms with Crippen molar-refractivity contribution in [2.24, 2.45) is 0 Å². The summed E-state index contributed by atoms with van der Waals surface area (Å²) in [6.45, 7) is 0. The molecular formula is C9H12O2S. The number of rotatable bonds is 3. The Bertz CT molecular complexity index is 266. The highest BCUT2D eigenvalue weighted by Crippen LogP contribution is 2.09. The molecule has 2 nitrogen and oxygen atoms in total. The average Bonchev–Trinajstić information content (AvgIpc) is 2.03. The van der Waals surface area contributed by atoms with Gasteiger partial charge in [-0.3, -0.25) is 4.21 Å². The van der Waals surface area contributed by atoms with Gasteiger partial charge in [-0.05, 0) is 24.1 Å². The van der Waals surface area contributed by atoms with Crippen LogP contribution in [0.1, 0.15) is 5.56 Å². The topological polar surface area (TPSA) is 37.3 Å². The zero-order chi connectivity index (χ0) is 8.97. The summed E-state index contributed by atoms with van der Waals surface area (Å²) < 4.78 is 10.7. The van der Waals surface area contributed by atoms with E-state index in [1.54, 1.807) is 18.4 Å². The minimum atomic E-state index is -0.734. The van der Waals surface area contributed by atoms with E-state index in [0.29, 0.717) is 5.75 Å². The summed E-state index contributed by atoms with van der Waals surface area (Å²) >= 11 is 0. The molecule has 66 valence electrons. The third kappa shape index (κ3) is 3.05. The Labute approximate surface area is 74.7 Å². The third-order valence-corrected chi connectivity index (χ3v) is 2.39. The third-order valence-electron chi connectivity index (χ3n) is 1.61. The van der Waals surface area contributed by atoms with Crippen LogP contribution < -0.4 is 0 Å². The standard InChI is InChI=1S/C9H12O2S/c1-12(11)7-6-8-2-4-9(10)5-3-8/h2-5,10H,6-7H2,1H3. The fraction of sp³-hybridized carbons (Fsp3) is 0.333. The van der Waals surface area contributed by atoms with Gasteiger partial charge in [-0.1, -0.05) is 12.1 Å². The highest BCUT2D eigenvalue weighted by atomic mass is 32.2. The maximum atomic E-state index is 10.7. The fourth-order valence-electron chi connectivity index (χ4n) is 0.924. The summed E-state index contributed by atoms with van der Waals surface area (Å²) in [4.78, 5) is 0. The first kappa shape index (κ1) is 9.26. The Balaban J connectivity index is 2.53. The van der Waals surface area contributed by atoms with Gasteiger partial charge in [0.1, 0.15) is 5.75 Å². The lowest BCUT2D eigenvalue weighted by molar-refractivity contribution is 0.475. The number of aromatic hydroxyl groups is 1. The monoisotopic (exact) mass is 184 g/mol. The molecule has 1 unspecified atom stereocenters. The van der Waals surface area contributed by atoms with Crippen molar-refractivity contribution in [1.29, 1.82) is 0 Å². The van der Waals surface area contributed by atoms with E-state index in [-0.39, 0.29) is 5.75 Å². The second-order valence-electron chi connectivity index (χ2n) is 2.69. The molecule has 1 aromatic rings. The molecule has 0 saturated heterocycles. The molecule has 0 aliphatic rings. The molecule has 0 aliphatic carbocycles. The van der Waals surface area contributed by atoms with E-state index in [0.717, 1.165) is 12.0 Å². The van der Waals surface area contributed by atoms with E-state index < -0.39 is 10.8 Å². The van der Waals surface area contributed by atoms with Crippen LogP contribution in [0, 0.1) is 0 Å². The van der Waals surface area contributed by atoms with Crippen molar-refractivity contribution >= 4 is 10.8 Å². The Morgan fingerprint density at radius 3 is 2.42 bits per heavy atom. The van der Waals surface area contributed by atoms with Gasteiger partial charge >= 0.3 is 0 Å². The predicted molar refractivity (Wildman–Crippen MR) is 50.7 cm³/mol. The number of hydrogen-bond donors (Lipinski definition) is 1. The summed E-state index contributed by atoms with van der Waals surface area (Å²) in [6.07, 6.45) is 2.50. The Hall–Kier alpha value is -0.830. The minimum Gasteiger partial charge on any atom is -0.508 e. The molecule has 0 spiro atoms. The lowest BCUT2D eigenvalue weighted by atomic mass is 10.2.